The number of rotatable bonds is 13. The molecule has 1 saturated carbocycles. The first kappa shape index (κ1) is 31.5. The van der Waals surface area contributed by atoms with Crippen LogP contribution in [0.15, 0.2) is 24.4 Å². The third kappa shape index (κ3) is 6.60. The first-order valence-electron chi connectivity index (χ1n) is 15.1. The van der Waals surface area contributed by atoms with Crippen molar-refractivity contribution in [1.29, 1.82) is 0 Å². The first-order valence-corrected chi connectivity index (χ1v) is 15.1. The molecule has 2 aliphatic heterocycles. The van der Waals surface area contributed by atoms with E-state index in [-0.39, 0.29) is 41.4 Å². The maximum Gasteiger partial charge on any atom is 0.284 e. The Morgan fingerprint density at radius 3 is 2.55 bits per heavy atom. The molecule has 1 unspecified atom stereocenters. The number of imide groups is 2. The van der Waals surface area contributed by atoms with Crippen LogP contribution in [-0.2, 0) is 19.2 Å². The highest BCUT2D eigenvalue weighted by Crippen LogP contribution is 2.36. The Kier molecular flexibility index (Phi) is 9.89. The van der Waals surface area contributed by atoms with Crippen LogP contribution in [0.2, 0.25) is 0 Å². The summed E-state index contributed by atoms with van der Waals surface area (Å²) in [4.78, 5) is 57.7. The van der Waals surface area contributed by atoms with Crippen LogP contribution in [0.3, 0.4) is 0 Å². The first-order chi connectivity index (χ1) is 21.2. The molecule has 2 aromatic rings. The molecule has 1 saturated heterocycles. The largest absolute Gasteiger partial charge is 0.396 e. The highest BCUT2D eigenvalue weighted by Gasteiger charge is 2.46. The lowest BCUT2D eigenvalue weighted by Crippen LogP contribution is -2.54. The molecule has 0 spiro atoms. The number of nitrogens with zero attached hydrogens (tertiary/aromatic N) is 4. The lowest BCUT2D eigenvalue weighted by molar-refractivity contribution is -0.136. The quantitative estimate of drug-likeness (QED) is 0.195. The van der Waals surface area contributed by atoms with Crippen LogP contribution in [0.1, 0.15) is 97.2 Å². The number of hydrogen-bond donors (Lipinski definition) is 2. The molecule has 3 heterocycles. The van der Waals surface area contributed by atoms with E-state index in [2.05, 4.69) is 10.4 Å². The summed E-state index contributed by atoms with van der Waals surface area (Å²) in [5, 5.41) is 7.81. The van der Waals surface area contributed by atoms with Gasteiger partial charge in [0.05, 0.1) is 35.2 Å². The van der Waals surface area contributed by atoms with E-state index < -0.39 is 36.1 Å². The summed E-state index contributed by atoms with van der Waals surface area (Å²) in [5.41, 5.74) is 6.18. The van der Waals surface area contributed by atoms with Gasteiger partial charge in [-0.2, -0.15) is 5.10 Å². The van der Waals surface area contributed by atoms with Crippen LogP contribution >= 0.6 is 0 Å². The minimum Gasteiger partial charge on any atom is -0.396 e. The predicted octanol–water partition coefficient (Wildman–Crippen LogP) is 3.79. The number of nitrogens with two attached hydrogens (primary N) is 1. The Morgan fingerprint density at radius 2 is 1.86 bits per heavy atom. The molecule has 2 fully saturated rings. The van der Waals surface area contributed by atoms with Gasteiger partial charge in [-0.15, -0.1) is 0 Å². The molecule has 14 heteroatoms. The summed E-state index contributed by atoms with van der Waals surface area (Å²) in [7, 11) is 0. The molecule has 1 atom stereocenters. The number of piperidine rings is 1. The van der Waals surface area contributed by atoms with Gasteiger partial charge in [0.1, 0.15) is 6.04 Å². The molecular formula is C30H38F2N6O6. The molecular weight excluding hydrogens is 578 g/mol. The topological polar surface area (TPSA) is 149 Å². The van der Waals surface area contributed by atoms with Crippen molar-refractivity contribution >= 4 is 35.0 Å². The van der Waals surface area contributed by atoms with Crippen LogP contribution in [0.25, 0.3) is 0 Å². The van der Waals surface area contributed by atoms with Gasteiger partial charge in [-0.1, -0.05) is 13.0 Å². The summed E-state index contributed by atoms with van der Waals surface area (Å²) in [6.45, 7) is 3.83. The van der Waals surface area contributed by atoms with Crippen LogP contribution < -0.4 is 16.1 Å². The minimum atomic E-state index is -2.69. The predicted molar refractivity (Wildman–Crippen MR) is 155 cm³/mol. The summed E-state index contributed by atoms with van der Waals surface area (Å²) >= 11 is 0. The van der Waals surface area contributed by atoms with Crippen molar-refractivity contribution in [3.05, 3.63) is 41.2 Å². The molecule has 0 bridgehead atoms. The lowest BCUT2D eigenvalue weighted by Gasteiger charge is -2.29. The average Bonchev–Trinajstić information content (AvgIpc) is 3.52. The summed E-state index contributed by atoms with van der Waals surface area (Å²) in [5.74, 6) is -1.85. The molecule has 1 aliphatic carbocycles. The second-order valence-corrected chi connectivity index (χ2v) is 11.4. The number of carbonyl (C=O) groups is 4. The van der Waals surface area contributed by atoms with E-state index >= 15 is 0 Å². The van der Waals surface area contributed by atoms with Gasteiger partial charge in [-0.3, -0.25) is 44.0 Å². The van der Waals surface area contributed by atoms with Gasteiger partial charge in [0.15, 0.2) is 5.69 Å². The number of fused-ring (bicyclic) bond motifs is 1. The molecule has 5 rings (SSSR count). The Hall–Kier alpha value is -3.91. The molecule has 1 aromatic heterocycles. The zero-order chi connectivity index (χ0) is 31.4. The van der Waals surface area contributed by atoms with Crippen LogP contribution in [-0.4, -0.2) is 70.7 Å². The highest BCUT2D eigenvalue weighted by molar-refractivity contribution is 6.25. The number of benzene rings is 1. The second-order valence-electron chi connectivity index (χ2n) is 11.4. The van der Waals surface area contributed by atoms with Gasteiger partial charge in [-0.05, 0) is 63.0 Å². The number of ether oxygens (including phenoxy) is 1. The fraction of sp³-hybridized carbons (Fsp3) is 0.567. The standard InChI is InChI=1S/C30H38F2N6O6/c1-2-13-37(22-6-3-5-20-25(22)30(42)38(29(20)41)23-11-12-24(39)34-28(23)40)44-15-4-14-43-17-18-7-9-19(10-8-18)36-16-21(33)26(35-36)27(31)32/h3,5-6,16,18-19,23,27H,2,4,7-15,17,33H2,1H3,(H,34,39,40). The van der Waals surface area contributed by atoms with Gasteiger partial charge < -0.3 is 10.5 Å². The van der Waals surface area contributed by atoms with Gasteiger partial charge in [0.25, 0.3) is 18.2 Å². The van der Waals surface area contributed by atoms with Crippen molar-refractivity contribution in [1.82, 2.24) is 20.0 Å². The Balaban J connectivity index is 1.09. The third-order valence-corrected chi connectivity index (χ3v) is 8.36. The SMILES string of the molecule is CCCN(OCCCOCC1CCC(n2cc(N)c(C(F)F)n2)CC1)c1cccc2c1C(=O)N(C1CCC(=O)NC1=O)C2=O. The van der Waals surface area contributed by atoms with E-state index in [1.54, 1.807) is 27.9 Å². The van der Waals surface area contributed by atoms with Crippen LogP contribution in [0.4, 0.5) is 20.2 Å². The van der Waals surface area contributed by atoms with E-state index in [1.165, 1.54) is 6.20 Å². The molecule has 3 N–H and O–H groups in total. The number of amides is 4. The van der Waals surface area contributed by atoms with Crippen molar-refractivity contribution in [3.8, 4) is 0 Å². The van der Waals surface area contributed by atoms with Crippen molar-refractivity contribution in [2.45, 2.75) is 76.8 Å². The number of alkyl halides is 2. The van der Waals surface area contributed by atoms with Crippen molar-refractivity contribution < 1.29 is 37.5 Å². The number of halogens is 2. The smallest absolute Gasteiger partial charge is 0.284 e. The molecule has 4 amide bonds. The van der Waals surface area contributed by atoms with E-state index in [1.807, 2.05) is 6.92 Å². The summed E-state index contributed by atoms with van der Waals surface area (Å²) in [6, 6.07) is 3.96. The number of aromatic nitrogens is 2. The number of nitrogen functional groups attached to an aromatic ring is 1. The van der Waals surface area contributed by atoms with E-state index in [9.17, 15) is 28.0 Å². The number of carbonyl (C=O) groups excluding carboxylic acids is 4. The lowest BCUT2D eigenvalue weighted by atomic mass is 9.86. The summed E-state index contributed by atoms with van der Waals surface area (Å²) in [6.07, 6.45) is 3.70. The monoisotopic (exact) mass is 616 g/mol. The zero-order valence-corrected chi connectivity index (χ0v) is 24.7. The molecule has 1 aromatic carbocycles. The van der Waals surface area contributed by atoms with E-state index in [0.29, 0.717) is 44.4 Å². The second kappa shape index (κ2) is 13.8. The Bertz CT molecular complexity index is 1390. The number of hydroxylamine groups is 1. The molecule has 238 valence electrons. The average molecular weight is 617 g/mol. The maximum absolute atomic E-state index is 13.5. The fourth-order valence-electron chi connectivity index (χ4n) is 6.10. The fourth-order valence-corrected chi connectivity index (χ4v) is 6.10. The number of hydrogen-bond acceptors (Lipinski definition) is 9. The summed E-state index contributed by atoms with van der Waals surface area (Å²) < 4.78 is 33.5. The van der Waals surface area contributed by atoms with Crippen molar-refractivity contribution in [2.24, 2.45) is 5.92 Å². The van der Waals surface area contributed by atoms with Gasteiger partial charge in [0, 0.05) is 32.4 Å². The number of nitrogens with one attached hydrogen (secondary N) is 1. The normalized spacial score (nSPS) is 22.1. The molecule has 3 aliphatic rings. The van der Waals surface area contributed by atoms with E-state index in [0.717, 1.165) is 37.0 Å². The number of anilines is 2. The zero-order valence-electron chi connectivity index (χ0n) is 24.7. The van der Waals surface area contributed by atoms with E-state index in [4.69, 9.17) is 15.3 Å². The van der Waals surface area contributed by atoms with Crippen molar-refractivity contribution in [2.75, 3.05) is 37.2 Å². The van der Waals surface area contributed by atoms with Gasteiger partial charge in [-0.25, -0.2) is 8.78 Å². The van der Waals surface area contributed by atoms with Crippen LogP contribution in [0.5, 0.6) is 0 Å². The van der Waals surface area contributed by atoms with Crippen molar-refractivity contribution in [3.63, 3.8) is 0 Å². The third-order valence-electron chi connectivity index (χ3n) is 8.36. The molecule has 0 radical (unpaired) electrons. The molecule has 12 nitrogen and oxygen atoms in total. The Labute approximate surface area is 253 Å². The van der Waals surface area contributed by atoms with Gasteiger partial charge in [0.2, 0.25) is 11.8 Å². The maximum atomic E-state index is 13.5. The molecule has 44 heavy (non-hydrogen) atoms. The Morgan fingerprint density at radius 1 is 1.09 bits per heavy atom. The van der Waals surface area contributed by atoms with Crippen LogP contribution in [0, 0.1) is 5.92 Å². The minimum absolute atomic E-state index is 0.0242. The van der Waals surface area contributed by atoms with Gasteiger partial charge >= 0.3 is 0 Å². The highest BCUT2D eigenvalue weighted by atomic mass is 19.3.